The van der Waals surface area contributed by atoms with Crippen LogP contribution in [0.3, 0.4) is 0 Å². The minimum atomic E-state index is -0.904. The normalized spacial score (nSPS) is 16.5. The predicted octanol–water partition coefficient (Wildman–Crippen LogP) is 3.00. The zero-order chi connectivity index (χ0) is 19.3. The van der Waals surface area contributed by atoms with E-state index in [2.05, 4.69) is 11.9 Å². The predicted molar refractivity (Wildman–Crippen MR) is 103 cm³/mol. The summed E-state index contributed by atoms with van der Waals surface area (Å²) in [7, 11) is 1.75. The average Bonchev–Trinajstić information content (AvgIpc) is 3.15. The third-order valence-corrected chi connectivity index (χ3v) is 5.87. The average molecular weight is 385 g/mol. The lowest BCUT2D eigenvalue weighted by Crippen LogP contribution is -2.41. The van der Waals surface area contributed by atoms with E-state index in [1.165, 1.54) is 0 Å². The molecular weight excluding hydrogens is 366 g/mol. The van der Waals surface area contributed by atoms with Gasteiger partial charge in [0.25, 0.3) is 5.91 Å². The number of carboxylic acid groups (broad SMARTS) is 1. The van der Waals surface area contributed by atoms with Crippen LogP contribution in [-0.2, 0) is 22.4 Å². The van der Waals surface area contributed by atoms with Crippen LogP contribution in [0.5, 0.6) is 5.75 Å². The van der Waals surface area contributed by atoms with E-state index in [1.54, 1.807) is 36.4 Å². The monoisotopic (exact) mass is 385 g/mol. The first-order chi connectivity index (χ1) is 12.9. The van der Waals surface area contributed by atoms with Crippen LogP contribution in [0.2, 0.25) is 0 Å². The molecule has 1 aromatic carbocycles. The van der Waals surface area contributed by atoms with Gasteiger partial charge in [-0.2, -0.15) is 0 Å². The number of fused-ring (bicyclic) bond motifs is 2. The third kappa shape index (κ3) is 2.86. The summed E-state index contributed by atoms with van der Waals surface area (Å²) in [4.78, 5) is 31.2. The van der Waals surface area contributed by atoms with Gasteiger partial charge in [0.1, 0.15) is 5.75 Å². The van der Waals surface area contributed by atoms with Crippen molar-refractivity contribution in [1.82, 2.24) is 9.38 Å². The van der Waals surface area contributed by atoms with Gasteiger partial charge in [0.15, 0.2) is 11.1 Å². The minimum absolute atomic E-state index is 0.0859. The van der Waals surface area contributed by atoms with Crippen LogP contribution in [0.15, 0.2) is 24.4 Å². The zero-order valence-corrected chi connectivity index (χ0v) is 16.0. The van der Waals surface area contributed by atoms with E-state index in [9.17, 15) is 9.59 Å². The Bertz CT molecular complexity index is 1070. The summed E-state index contributed by atoms with van der Waals surface area (Å²) in [5, 5.41) is 9.03. The van der Waals surface area contributed by atoms with Crippen molar-refractivity contribution < 1.29 is 19.4 Å². The summed E-state index contributed by atoms with van der Waals surface area (Å²) in [5.41, 5.74) is 3.17. The Balaban J connectivity index is 1.85. The highest BCUT2D eigenvalue weighted by Gasteiger charge is 2.29. The molecule has 140 valence electrons. The van der Waals surface area contributed by atoms with Crippen LogP contribution in [0.1, 0.15) is 24.4 Å². The molecule has 3 heterocycles. The molecule has 1 aliphatic heterocycles. The van der Waals surface area contributed by atoms with E-state index in [0.717, 1.165) is 33.2 Å². The van der Waals surface area contributed by atoms with Gasteiger partial charge in [0.2, 0.25) is 0 Å². The number of nitrogens with zero attached hydrogens (tertiary/aromatic N) is 3. The summed E-state index contributed by atoms with van der Waals surface area (Å²) >= 11 is 1.55. The highest BCUT2D eigenvalue weighted by Crippen LogP contribution is 2.39. The number of likely N-dealkylation sites (N-methyl/N-ethyl adjacent to an activating group) is 1. The van der Waals surface area contributed by atoms with Gasteiger partial charge in [-0.25, -0.2) is 4.98 Å². The molecule has 3 aromatic rings. The lowest BCUT2D eigenvalue weighted by molar-refractivity contribution is -0.136. The number of carbonyl (C=O) groups excluding carboxylic acids is 1. The van der Waals surface area contributed by atoms with Crippen molar-refractivity contribution in [3.63, 3.8) is 0 Å². The number of ether oxygens (including phenoxy) is 1. The molecule has 0 fully saturated rings. The van der Waals surface area contributed by atoms with Crippen molar-refractivity contribution in [1.29, 1.82) is 0 Å². The van der Waals surface area contributed by atoms with E-state index in [0.29, 0.717) is 11.4 Å². The van der Waals surface area contributed by atoms with E-state index in [1.807, 2.05) is 22.6 Å². The van der Waals surface area contributed by atoms with Crippen molar-refractivity contribution in [2.24, 2.45) is 0 Å². The fraction of sp³-hybridized carbons (Fsp3) is 0.316. The number of amides is 1. The van der Waals surface area contributed by atoms with E-state index < -0.39 is 12.1 Å². The third-order valence-electron chi connectivity index (χ3n) is 4.67. The van der Waals surface area contributed by atoms with Crippen LogP contribution in [0.4, 0.5) is 5.69 Å². The summed E-state index contributed by atoms with van der Waals surface area (Å²) in [5.74, 6) is -0.314. The molecule has 0 saturated heterocycles. The van der Waals surface area contributed by atoms with E-state index in [4.69, 9.17) is 9.84 Å². The number of hydrogen-bond donors (Lipinski definition) is 1. The first-order valence-corrected chi connectivity index (χ1v) is 9.50. The van der Waals surface area contributed by atoms with Gasteiger partial charge in [0.05, 0.1) is 23.5 Å². The van der Waals surface area contributed by atoms with Crippen LogP contribution in [-0.4, -0.2) is 39.5 Å². The van der Waals surface area contributed by atoms with Gasteiger partial charge in [-0.15, -0.1) is 11.3 Å². The maximum Gasteiger partial charge on any atom is 0.309 e. The Hall–Kier alpha value is -2.87. The topological polar surface area (TPSA) is 84.1 Å². The van der Waals surface area contributed by atoms with Crippen molar-refractivity contribution >= 4 is 33.9 Å². The molecule has 1 amide bonds. The Kier molecular flexibility index (Phi) is 4.15. The highest BCUT2D eigenvalue weighted by molar-refractivity contribution is 7.17. The van der Waals surface area contributed by atoms with Crippen molar-refractivity contribution in [2.75, 3.05) is 11.9 Å². The van der Waals surface area contributed by atoms with Gasteiger partial charge >= 0.3 is 5.97 Å². The number of thiazole rings is 1. The van der Waals surface area contributed by atoms with E-state index >= 15 is 0 Å². The molecule has 0 spiro atoms. The van der Waals surface area contributed by atoms with Crippen LogP contribution < -0.4 is 9.64 Å². The number of carboxylic acids is 1. The summed E-state index contributed by atoms with van der Waals surface area (Å²) in [6, 6.07) is 5.78. The minimum Gasteiger partial charge on any atom is -0.481 e. The Labute approximate surface area is 159 Å². The summed E-state index contributed by atoms with van der Waals surface area (Å²) in [6.07, 6.45) is 2.00. The SMILES string of the molecule is CCc1sc2nc(CC(=O)O)cn2c1-c1ccc2c(c1)N(C)C(=O)C(C)O2. The smallest absolute Gasteiger partial charge is 0.309 e. The standard InChI is InChI=1S/C19H19N3O4S/c1-4-15-17(22-9-12(8-16(23)24)20-19(22)27-15)11-5-6-14-13(7-11)21(3)18(25)10(2)26-14/h5-7,9-10H,4,8H2,1-3H3,(H,23,24). The molecule has 1 unspecified atom stereocenters. The van der Waals surface area contributed by atoms with Crippen molar-refractivity contribution in [2.45, 2.75) is 32.8 Å². The maximum absolute atomic E-state index is 12.3. The van der Waals surface area contributed by atoms with Gasteiger partial charge in [-0.3, -0.25) is 14.0 Å². The van der Waals surface area contributed by atoms with Gasteiger partial charge < -0.3 is 14.7 Å². The molecule has 4 rings (SSSR count). The molecule has 0 radical (unpaired) electrons. The summed E-state index contributed by atoms with van der Waals surface area (Å²) < 4.78 is 7.65. The number of imidazole rings is 1. The molecule has 1 aliphatic rings. The van der Waals surface area contributed by atoms with E-state index in [-0.39, 0.29) is 12.3 Å². The zero-order valence-electron chi connectivity index (χ0n) is 15.2. The number of aromatic nitrogens is 2. The quantitative estimate of drug-likeness (QED) is 0.746. The first-order valence-electron chi connectivity index (χ1n) is 8.69. The summed E-state index contributed by atoms with van der Waals surface area (Å²) in [6.45, 7) is 3.81. The number of benzene rings is 1. The maximum atomic E-state index is 12.3. The van der Waals surface area contributed by atoms with Crippen LogP contribution in [0, 0.1) is 0 Å². The van der Waals surface area contributed by atoms with Crippen LogP contribution >= 0.6 is 11.3 Å². The van der Waals surface area contributed by atoms with Crippen molar-refractivity contribution in [3.8, 4) is 17.0 Å². The highest BCUT2D eigenvalue weighted by atomic mass is 32.1. The number of aryl methyl sites for hydroxylation is 1. The van der Waals surface area contributed by atoms with Gasteiger partial charge in [0, 0.05) is 23.7 Å². The molecule has 1 N–H and O–H groups in total. The Morgan fingerprint density at radius 1 is 1.41 bits per heavy atom. The molecule has 0 saturated carbocycles. The molecule has 7 nitrogen and oxygen atoms in total. The first kappa shape index (κ1) is 17.5. The number of aliphatic carboxylic acids is 1. The van der Waals surface area contributed by atoms with Gasteiger partial charge in [-0.1, -0.05) is 6.92 Å². The molecule has 1 atom stereocenters. The Morgan fingerprint density at radius 3 is 2.89 bits per heavy atom. The number of hydrogen-bond acceptors (Lipinski definition) is 5. The second-order valence-corrected chi connectivity index (χ2v) is 7.58. The fourth-order valence-electron chi connectivity index (χ4n) is 3.37. The Morgan fingerprint density at radius 2 is 2.19 bits per heavy atom. The lowest BCUT2D eigenvalue weighted by Gasteiger charge is -2.30. The molecule has 0 bridgehead atoms. The number of carbonyl (C=O) groups is 2. The number of rotatable bonds is 4. The molecule has 27 heavy (non-hydrogen) atoms. The van der Waals surface area contributed by atoms with Crippen LogP contribution in [0.25, 0.3) is 16.2 Å². The van der Waals surface area contributed by atoms with Crippen molar-refractivity contribution in [3.05, 3.63) is 35.0 Å². The number of anilines is 1. The molecular formula is C19H19N3O4S. The second-order valence-electron chi connectivity index (χ2n) is 6.52. The fourth-order valence-corrected chi connectivity index (χ4v) is 4.46. The lowest BCUT2D eigenvalue weighted by atomic mass is 10.1. The van der Waals surface area contributed by atoms with Gasteiger partial charge in [-0.05, 0) is 31.5 Å². The molecule has 0 aliphatic carbocycles. The largest absolute Gasteiger partial charge is 0.481 e. The molecule has 2 aromatic heterocycles. The molecule has 8 heteroatoms. The second kappa shape index (κ2) is 6.38.